The van der Waals surface area contributed by atoms with Crippen LogP contribution >= 0.6 is 0 Å². The Bertz CT molecular complexity index is 812. The van der Waals surface area contributed by atoms with Crippen LogP contribution in [0.3, 0.4) is 0 Å². The van der Waals surface area contributed by atoms with E-state index in [0.29, 0.717) is 19.4 Å². The maximum absolute atomic E-state index is 13.1. The maximum atomic E-state index is 13.1. The number of carbonyl (C=O) groups excluding carboxylic acids is 2. The van der Waals surface area contributed by atoms with E-state index in [-0.39, 0.29) is 11.9 Å². The van der Waals surface area contributed by atoms with Crippen molar-refractivity contribution in [2.45, 2.75) is 51.6 Å². The SMILES string of the molecule is Cc1cccc(NC(=O)C2(NC(=O)NCc3ccccc3)CCCC2)c1C. The lowest BCUT2D eigenvalue weighted by atomic mass is 9.96. The van der Waals surface area contributed by atoms with Crippen molar-refractivity contribution in [3.63, 3.8) is 0 Å². The number of amides is 3. The Hall–Kier alpha value is -2.82. The molecule has 5 heteroatoms. The van der Waals surface area contributed by atoms with Crippen LogP contribution < -0.4 is 16.0 Å². The molecule has 0 spiro atoms. The Kier molecular flexibility index (Phi) is 5.79. The second-order valence-electron chi connectivity index (χ2n) is 7.28. The molecule has 0 atom stereocenters. The van der Waals surface area contributed by atoms with Crippen LogP contribution in [-0.4, -0.2) is 17.5 Å². The van der Waals surface area contributed by atoms with Crippen LogP contribution in [0, 0.1) is 13.8 Å². The molecule has 1 aliphatic rings. The quantitative estimate of drug-likeness (QED) is 0.748. The van der Waals surface area contributed by atoms with Gasteiger partial charge in [0.15, 0.2) is 0 Å². The summed E-state index contributed by atoms with van der Waals surface area (Å²) in [5.41, 5.74) is 3.15. The summed E-state index contributed by atoms with van der Waals surface area (Å²) in [6.45, 7) is 4.44. The summed E-state index contributed by atoms with van der Waals surface area (Å²) >= 11 is 0. The molecular weight excluding hydrogens is 338 g/mol. The highest BCUT2D eigenvalue weighted by Crippen LogP contribution is 2.31. The molecule has 0 heterocycles. The Morgan fingerprint density at radius 1 is 0.963 bits per heavy atom. The van der Waals surface area contributed by atoms with E-state index in [1.165, 1.54) is 0 Å². The largest absolute Gasteiger partial charge is 0.334 e. The standard InChI is InChI=1S/C22H27N3O2/c1-16-9-8-12-19(17(16)2)24-20(26)22(13-6-7-14-22)25-21(27)23-15-18-10-4-3-5-11-18/h3-5,8-12H,6-7,13-15H2,1-2H3,(H,24,26)(H2,23,25,27). The highest BCUT2D eigenvalue weighted by molar-refractivity contribution is 6.01. The molecule has 142 valence electrons. The molecule has 1 aliphatic carbocycles. The maximum Gasteiger partial charge on any atom is 0.315 e. The molecule has 0 aliphatic heterocycles. The van der Waals surface area contributed by atoms with Crippen molar-refractivity contribution in [2.24, 2.45) is 0 Å². The summed E-state index contributed by atoms with van der Waals surface area (Å²) in [6.07, 6.45) is 3.17. The number of hydrogen-bond donors (Lipinski definition) is 3. The van der Waals surface area contributed by atoms with Gasteiger partial charge in [-0.1, -0.05) is 55.3 Å². The number of rotatable bonds is 5. The van der Waals surface area contributed by atoms with Gasteiger partial charge in [0.25, 0.3) is 0 Å². The Balaban J connectivity index is 1.66. The Morgan fingerprint density at radius 2 is 1.67 bits per heavy atom. The van der Waals surface area contributed by atoms with Crippen LogP contribution in [0.25, 0.3) is 0 Å². The molecule has 2 aromatic rings. The number of anilines is 1. The van der Waals surface area contributed by atoms with Gasteiger partial charge in [-0.25, -0.2) is 4.79 Å². The van der Waals surface area contributed by atoms with Gasteiger partial charge in [-0.15, -0.1) is 0 Å². The number of carbonyl (C=O) groups is 2. The lowest BCUT2D eigenvalue weighted by Crippen LogP contribution is -2.57. The molecule has 0 aromatic heterocycles. The van der Waals surface area contributed by atoms with E-state index in [4.69, 9.17) is 0 Å². The molecule has 1 fully saturated rings. The molecule has 2 aromatic carbocycles. The fourth-order valence-electron chi connectivity index (χ4n) is 3.56. The predicted octanol–water partition coefficient (Wildman–Crippen LogP) is 4.05. The monoisotopic (exact) mass is 365 g/mol. The molecule has 3 amide bonds. The van der Waals surface area contributed by atoms with Crippen molar-refractivity contribution in [1.29, 1.82) is 0 Å². The zero-order valence-corrected chi connectivity index (χ0v) is 16.0. The fourth-order valence-corrected chi connectivity index (χ4v) is 3.56. The molecule has 0 radical (unpaired) electrons. The van der Waals surface area contributed by atoms with Gasteiger partial charge < -0.3 is 16.0 Å². The molecule has 5 nitrogen and oxygen atoms in total. The predicted molar refractivity (Wildman–Crippen MR) is 108 cm³/mol. The van der Waals surface area contributed by atoms with E-state index in [1.54, 1.807) is 0 Å². The number of benzene rings is 2. The third-order valence-electron chi connectivity index (χ3n) is 5.39. The summed E-state index contributed by atoms with van der Waals surface area (Å²) in [6, 6.07) is 15.3. The highest BCUT2D eigenvalue weighted by Gasteiger charge is 2.42. The van der Waals surface area contributed by atoms with Crippen LogP contribution in [0.2, 0.25) is 0 Å². The van der Waals surface area contributed by atoms with Gasteiger partial charge in [-0.3, -0.25) is 4.79 Å². The van der Waals surface area contributed by atoms with Crippen molar-refractivity contribution in [2.75, 3.05) is 5.32 Å². The van der Waals surface area contributed by atoms with Crippen LogP contribution in [0.15, 0.2) is 48.5 Å². The lowest BCUT2D eigenvalue weighted by Gasteiger charge is -2.29. The van der Waals surface area contributed by atoms with Gasteiger partial charge in [0.2, 0.25) is 5.91 Å². The smallest absolute Gasteiger partial charge is 0.315 e. The minimum Gasteiger partial charge on any atom is -0.334 e. The second kappa shape index (κ2) is 8.25. The van der Waals surface area contributed by atoms with Crippen molar-refractivity contribution < 1.29 is 9.59 Å². The molecular formula is C22H27N3O2. The van der Waals surface area contributed by atoms with Gasteiger partial charge in [0.1, 0.15) is 5.54 Å². The first-order chi connectivity index (χ1) is 13.0. The fraction of sp³-hybridized carbons (Fsp3) is 0.364. The third kappa shape index (κ3) is 4.48. The van der Waals surface area contributed by atoms with E-state index in [2.05, 4.69) is 16.0 Å². The van der Waals surface area contributed by atoms with Crippen molar-refractivity contribution in [3.05, 3.63) is 65.2 Å². The summed E-state index contributed by atoms with van der Waals surface area (Å²) in [5, 5.41) is 8.85. The van der Waals surface area contributed by atoms with Crippen LogP contribution in [0.5, 0.6) is 0 Å². The first-order valence-electron chi connectivity index (χ1n) is 9.48. The summed E-state index contributed by atoms with van der Waals surface area (Å²) in [5.74, 6) is -0.136. The van der Waals surface area contributed by atoms with Crippen molar-refractivity contribution in [3.8, 4) is 0 Å². The van der Waals surface area contributed by atoms with Crippen LogP contribution in [0.4, 0.5) is 10.5 Å². The summed E-state index contributed by atoms with van der Waals surface area (Å²) < 4.78 is 0. The number of aryl methyl sites for hydroxylation is 1. The first kappa shape index (κ1) is 19.0. The molecule has 3 N–H and O–H groups in total. The van der Waals surface area contributed by atoms with E-state index >= 15 is 0 Å². The molecule has 0 bridgehead atoms. The zero-order chi connectivity index (χ0) is 19.3. The number of hydrogen-bond acceptors (Lipinski definition) is 2. The molecule has 1 saturated carbocycles. The Morgan fingerprint density at radius 3 is 2.37 bits per heavy atom. The average Bonchev–Trinajstić information content (AvgIpc) is 3.14. The first-order valence-corrected chi connectivity index (χ1v) is 9.48. The summed E-state index contributed by atoms with van der Waals surface area (Å²) in [7, 11) is 0. The van der Waals surface area contributed by atoms with Crippen molar-refractivity contribution in [1.82, 2.24) is 10.6 Å². The van der Waals surface area contributed by atoms with Crippen LogP contribution in [-0.2, 0) is 11.3 Å². The molecule has 0 saturated heterocycles. The van der Waals surface area contributed by atoms with E-state index in [9.17, 15) is 9.59 Å². The molecule has 0 unspecified atom stereocenters. The van der Waals surface area contributed by atoms with Gasteiger partial charge in [0, 0.05) is 12.2 Å². The Labute approximate surface area is 160 Å². The highest BCUT2D eigenvalue weighted by atomic mass is 16.2. The summed E-state index contributed by atoms with van der Waals surface area (Å²) in [4.78, 5) is 25.5. The normalized spacial score (nSPS) is 15.2. The van der Waals surface area contributed by atoms with Crippen LogP contribution in [0.1, 0.15) is 42.4 Å². The zero-order valence-electron chi connectivity index (χ0n) is 16.0. The van der Waals surface area contributed by atoms with E-state index in [0.717, 1.165) is 35.2 Å². The molecule has 27 heavy (non-hydrogen) atoms. The van der Waals surface area contributed by atoms with Gasteiger partial charge in [0.05, 0.1) is 0 Å². The minimum absolute atomic E-state index is 0.136. The topological polar surface area (TPSA) is 70.2 Å². The van der Waals surface area contributed by atoms with E-state index < -0.39 is 5.54 Å². The van der Waals surface area contributed by atoms with Gasteiger partial charge >= 0.3 is 6.03 Å². The molecule has 3 rings (SSSR count). The lowest BCUT2D eigenvalue weighted by molar-refractivity contribution is -0.121. The minimum atomic E-state index is -0.850. The van der Waals surface area contributed by atoms with Gasteiger partial charge in [-0.05, 0) is 49.4 Å². The number of nitrogens with one attached hydrogen (secondary N) is 3. The average molecular weight is 365 g/mol. The second-order valence-corrected chi connectivity index (χ2v) is 7.28. The number of urea groups is 1. The third-order valence-corrected chi connectivity index (χ3v) is 5.39. The van der Waals surface area contributed by atoms with Crippen molar-refractivity contribution >= 4 is 17.6 Å². The van der Waals surface area contributed by atoms with E-state index in [1.807, 2.05) is 62.4 Å². The van der Waals surface area contributed by atoms with Gasteiger partial charge in [-0.2, -0.15) is 0 Å².